The fourth-order valence-corrected chi connectivity index (χ4v) is 3.38. The average molecular weight is 345 g/mol. The quantitative estimate of drug-likeness (QED) is 0.596. The van der Waals surface area contributed by atoms with Crippen molar-refractivity contribution in [2.45, 2.75) is 33.1 Å². The fraction of sp³-hybridized carbons (Fsp3) is 0.333. The second kappa shape index (κ2) is 7.40. The van der Waals surface area contributed by atoms with Crippen LogP contribution in [0.25, 0.3) is 16.7 Å². The SMILES string of the molecule is CCOc1ccc(-c2ccc(C3=CCC(C)CC3)cc2)c(Cl)c1F. The molecule has 1 aliphatic rings. The Morgan fingerprint density at radius 2 is 1.83 bits per heavy atom. The zero-order chi connectivity index (χ0) is 17.1. The largest absolute Gasteiger partial charge is 0.491 e. The van der Waals surface area contributed by atoms with Gasteiger partial charge in [-0.1, -0.05) is 48.9 Å². The summed E-state index contributed by atoms with van der Waals surface area (Å²) in [5.41, 5.74) is 4.25. The van der Waals surface area contributed by atoms with Crippen LogP contribution < -0.4 is 4.74 Å². The van der Waals surface area contributed by atoms with Gasteiger partial charge in [0.1, 0.15) is 0 Å². The molecule has 0 amide bonds. The van der Waals surface area contributed by atoms with Crippen LogP contribution in [0.5, 0.6) is 5.75 Å². The smallest absolute Gasteiger partial charge is 0.184 e. The van der Waals surface area contributed by atoms with Crippen molar-refractivity contribution >= 4 is 17.2 Å². The van der Waals surface area contributed by atoms with Gasteiger partial charge >= 0.3 is 0 Å². The van der Waals surface area contributed by atoms with Gasteiger partial charge in [-0.25, -0.2) is 4.39 Å². The molecule has 0 radical (unpaired) electrons. The van der Waals surface area contributed by atoms with Crippen molar-refractivity contribution in [1.29, 1.82) is 0 Å². The van der Waals surface area contributed by atoms with Crippen molar-refractivity contribution in [2.75, 3.05) is 6.61 Å². The first kappa shape index (κ1) is 17.0. The zero-order valence-electron chi connectivity index (χ0n) is 14.1. The van der Waals surface area contributed by atoms with E-state index < -0.39 is 5.82 Å². The van der Waals surface area contributed by atoms with Crippen LogP contribution in [0.1, 0.15) is 38.7 Å². The third kappa shape index (κ3) is 3.49. The normalized spacial score (nSPS) is 17.5. The highest BCUT2D eigenvalue weighted by atomic mass is 35.5. The lowest BCUT2D eigenvalue weighted by atomic mass is 9.87. The molecule has 0 heterocycles. The molecule has 1 aliphatic carbocycles. The van der Waals surface area contributed by atoms with E-state index in [1.165, 1.54) is 17.6 Å². The van der Waals surface area contributed by atoms with E-state index in [9.17, 15) is 4.39 Å². The van der Waals surface area contributed by atoms with Crippen molar-refractivity contribution in [3.63, 3.8) is 0 Å². The van der Waals surface area contributed by atoms with Gasteiger partial charge in [0.05, 0.1) is 11.6 Å². The Bertz CT molecular complexity index is 749. The van der Waals surface area contributed by atoms with Gasteiger partial charge in [0.15, 0.2) is 11.6 Å². The topological polar surface area (TPSA) is 9.23 Å². The third-order valence-electron chi connectivity index (χ3n) is 4.59. The van der Waals surface area contributed by atoms with Crippen molar-refractivity contribution in [2.24, 2.45) is 5.92 Å². The molecular weight excluding hydrogens is 323 g/mol. The highest BCUT2D eigenvalue weighted by molar-refractivity contribution is 6.33. The van der Waals surface area contributed by atoms with Gasteiger partial charge in [-0.3, -0.25) is 0 Å². The highest BCUT2D eigenvalue weighted by Gasteiger charge is 2.15. The van der Waals surface area contributed by atoms with Crippen molar-refractivity contribution < 1.29 is 9.13 Å². The van der Waals surface area contributed by atoms with Gasteiger partial charge < -0.3 is 4.74 Å². The highest BCUT2D eigenvalue weighted by Crippen LogP contribution is 2.36. The van der Waals surface area contributed by atoms with E-state index in [0.717, 1.165) is 24.3 Å². The minimum absolute atomic E-state index is 0.111. The van der Waals surface area contributed by atoms with Gasteiger partial charge in [0.2, 0.25) is 0 Å². The molecule has 3 rings (SSSR count). The first-order valence-electron chi connectivity index (χ1n) is 8.50. The number of benzene rings is 2. The molecular formula is C21H22ClFO. The molecule has 0 fully saturated rings. The minimum atomic E-state index is -0.496. The molecule has 1 nitrogen and oxygen atoms in total. The predicted octanol–water partition coefficient (Wildman–Crippen LogP) is 6.75. The maximum atomic E-state index is 14.3. The van der Waals surface area contributed by atoms with Crippen LogP contribution in [0.4, 0.5) is 4.39 Å². The number of hydrogen-bond donors (Lipinski definition) is 0. The number of ether oxygens (including phenoxy) is 1. The van der Waals surface area contributed by atoms with Crippen molar-refractivity contribution in [3.05, 3.63) is 58.9 Å². The molecule has 3 heteroatoms. The van der Waals surface area contributed by atoms with Crippen LogP contribution in [-0.4, -0.2) is 6.61 Å². The lowest BCUT2D eigenvalue weighted by Crippen LogP contribution is -2.00. The van der Waals surface area contributed by atoms with Crippen molar-refractivity contribution in [1.82, 2.24) is 0 Å². The summed E-state index contributed by atoms with van der Waals surface area (Å²) in [4.78, 5) is 0. The molecule has 126 valence electrons. The molecule has 2 aromatic carbocycles. The first-order chi connectivity index (χ1) is 11.6. The van der Waals surface area contributed by atoms with Gasteiger partial charge in [-0.15, -0.1) is 0 Å². The Morgan fingerprint density at radius 1 is 1.12 bits per heavy atom. The van der Waals surface area contributed by atoms with Gasteiger partial charge in [-0.2, -0.15) is 0 Å². The molecule has 2 aromatic rings. The summed E-state index contributed by atoms with van der Waals surface area (Å²) in [5.74, 6) is 0.479. The molecule has 0 aliphatic heterocycles. The summed E-state index contributed by atoms with van der Waals surface area (Å²) in [6, 6.07) is 11.7. The van der Waals surface area contributed by atoms with Crippen LogP contribution in [0.3, 0.4) is 0 Å². The van der Waals surface area contributed by atoms with Gasteiger partial charge in [-0.05, 0) is 60.9 Å². The second-order valence-electron chi connectivity index (χ2n) is 6.36. The average Bonchev–Trinajstić information content (AvgIpc) is 2.60. The Kier molecular flexibility index (Phi) is 5.25. The zero-order valence-corrected chi connectivity index (χ0v) is 14.9. The Morgan fingerprint density at radius 3 is 2.46 bits per heavy atom. The molecule has 0 N–H and O–H groups in total. The van der Waals surface area contributed by atoms with Gasteiger partial charge in [0.25, 0.3) is 0 Å². The molecule has 0 aromatic heterocycles. The number of allylic oxidation sites excluding steroid dienone is 2. The van der Waals surface area contributed by atoms with E-state index >= 15 is 0 Å². The molecule has 24 heavy (non-hydrogen) atoms. The van der Waals surface area contributed by atoms with Crippen LogP contribution >= 0.6 is 11.6 Å². The number of hydrogen-bond acceptors (Lipinski definition) is 1. The summed E-state index contributed by atoms with van der Waals surface area (Å²) in [6.07, 6.45) is 5.85. The van der Waals surface area contributed by atoms with E-state index in [1.54, 1.807) is 6.07 Å². The molecule has 0 bridgehead atoms. The Hall–Kier alpha value is -1.80. The fourth-order valence-electron chi connectivity index (χ4n) is 3.11. The summed E-state index contributed by atoms with van der Waals surface area (Å²) in [7, 11) is 0. The number of halogens is 2. The van der Waals surface area contributed by atoms with Gasteiger partial charge in [0, 0.05) is 5.56 Å². The van der Waals surface area contributed by atoms with E-state index in [0.29, 0.717) is 12.2 Å². The van der Waals surface area contributed by atoms with E-state index in [1.807, 2.05) is 25.1 Å². The first-order valence-corrected chi connectivity index (χ1v) is 8.88. The maximum Gasteiger partial charge on any atom is 0.184 e. The predicted molar refractivity (Wildman–Crippen MR) is 99.0 cm³/mol. The molecule has 0 spiro atoms. The summed E-state index contributed by atoms with van der Waals surface area (Å²) < 4.78 is 19.5. The Labute approximate surface area is 148 Å². The van der Waals surface area contributed by atoms with Crippen LogP contribution in [0.2, 0.25) is 5.02 Å². The molecule has 1 atom stereocenters. The number of rotatable bonds is 4. The van der Waals surface area contributed by atoms with Crippen LogP contribution in [0.15, 0.2) is 42.5 Å². The van der Waals surface area contributed by atoms with Crippen molar-refractivity contribution in [3.8, 4) is 16.9 Å². The lowest BCUT2D eigenvalue weighted by molar-refractivity contribution is 0.322. The lowest BCUT2D eigenvalue weighted by Gasteiger charge is -2.18. The third-order valence-corrected chi connectivity index (χ3v) is 4.96. The monoisotopic (exact) mass is 344 g/mol. The van der Waals surface area contributed by atoms with E-state index in [2.05, 4.69) is 25.1 Å². The molecule has 1 unspecified atom stereocenters. The summed E-state index contributed by atoms with van der Waals surface area (Å²) >= 11 is 6.21. The van der Waals surface area contributed by atoms with Crippen LogP contribution in [0, 0.1) is 11.7 Å². The maximum absolute atomic E-state index is 14.3. The minimum Gasteiger partial charge on any atom is -0.491 e. The summed E-state index contributed by atoms with van der Waals surface area (Å²) in [5, 5.41) is 0.111. The second-order valence-corrected chi connectivity index (χ2v) is 6.74. The summed E-state index contributed by atoms with van der Waals surface area (Å²) in [6.45, 7) is 4.52. The Balaban J connectivity index is 1.87. The van der Waals surface area contributed by atoms with E-state index in [-0.39, 0.29) is 10.8 Å². The van der Waals surface area contributed by atoms with Crippen LogP contribution in [-0.2, 0) is 0 Å². The van der Waals surface area contributed by atoms with E-state index in [4.69, 9.17) is 16.3 Å². The molecule has 0 saturated heterocycles. The molecule has 0 saturated carbocycles. The standard InChI is InChI=1S/C21H22ClFO/c1-3-24-19-13-12-18(20(22)21(19)23)17-10-8-16(9-11-17)15-6-4-14(2)5-7-15/h6,8-14H,3-5,7H2,1-2H3.